The van der Waals surface area contributed by atoms with Crippen LogP contribution in [0, 0.1) is 11.8 Å². The van der Waals surface area contributed by atoms with Gasteiger partial charge in [-0.3, -0.25) is 4.79 Å². The fourth-order valence-electron chi connectivity index (χ4n) is 6.27. The van der Waals surface area contributed by atoms with Gasteiger partial charge >= 0.3 is 0 Å². The molecule has 1 N–H and O–H groups in total. The fraction of sp³-hybridized carbons (Fsp3) is 0.421. The minimum Gasteiger partial charge on any atom is -1.00 e. The van der Waals surface area contributed by atoms with Gasteiger partial charge in [-0.25, -0.2) is 0 Å². The van der Waals surface area contributed by atoms with Crippen molar-refractivity contribution in [3.8, 4) is 11.8 Å². The van der Waals surface area contributed by atoms with E-state index in [0.717, 1.165) is 38.0 Å². The van der Waals surface area contributed by atoms with Crippen LogP contribution in [0.25, 0.3) is 0 Å². The molecular weight excluding hydrogens is 641 g/mol. The van der Waals surface area contributed by atoms with Crippen LogP contribution in [0.2, 0.25) is 0 Å². The predicted molar refractivity (Wildman–Crippen MR) is 178 cm³/mol. The van der Waals surface area contributed by atoms with Crippen LogP contribution in [-0.2, 0) is 15.6 Å². The average molecular weight is 690 g/mol. The summed E-state index contributed by atoms with van der Waals surface area (Å²) in [7, 11) is 0. The largest absolute Gasteiger partial charge is 1.00 e. The molecule has 2 aromatic rings. The van der Waals surface area contributed by atoms with E-state index in [1.165, 1.54) is 33.9 Å². The molecule has 0 unspecified atom stereocenters. The zero-order chi connectivity index (χ0) is 30.3. The summed E-state index contributed by atoms with van der Waals surface area (Å²) in [5.41, 5.74) is 8.52. The minimum absolute atomic E-state index is 0. The van der Waals surface area contributed by atoms with E-state index in [9.17, 15) is 4.79 Å². The summed E-state index contributed by atoms with van der Waals surface area (Å²) >= 11 is 0. The molecule has 0 radical (unpaired) electrons. The molecule has 2 heterocycles. The third kappa shape index (κ3) is 7.34. The molecule has 4 rings (SSSR count). The van der Waals surface area contributed by atoms with Crippen molar-refractivity contribution in [3.63, 3.8) is 0 Å². The topological polar surface area (TPSA) is 35.4 Å². The summed E-state index contributed by atoms with van der Waals surface area (Å²) in [4.78, 5) is 14.6. The number of anilines is 1. The molecule has 0 fully saturated rings. The van der Waals surface area contributed by atoms with E-state index in [0.29, 0.717) is 12.8 Å². The van der Waals surface area contributed by atoms with Crippen LogP contribution in [0.15, 0.2) is 84.1 Å². The number of carbonyl (C=O) groups is 1. The number of rotatable bonds is 10. The van der Waals surface area contributed by atoms with Gasteiger partial charge < -0.3 is 34.2 Å². The van der Waals surface area contributed by atoms with E-state index >= 15 is 0 Å². The number of amides is 1. The number of para-hydroxylation sites is 2. The van der Waals surface area contributed by atoms with Gasteiger partial charge in [0.15, 0.2) is 5.71 Å². The first kappa shape index (κ1) is 34.4. The van der Waals surface area contributed by atoms with Gasteiger partial charge in [0, 0.05) is 66.0 Å². The minimum atomic E-state index is -0.106. The first-order valence-electron chi connectivity index (χ1n) is 15.6. The highest BCUT2D eigenvalue weighted by molar-refractivity contribution is 6.03. The Kier molecular flexibility index (Phi) is 12.0. The SMILES string of the molecule is CCCCNC(=O)CCC#CC(C=CC1=[N+](CC)c2ccccc2C1(C)C)=CC=C1N(CC)c2ccccc2C1(C)C.[I-]. The Morgan fingerprint density at radius 3 is 2.37 bits per heavy atom. The summed E-state index contributed by atoms with van der Waals surface area (Å²) in [6.07, 6.45) is 11.8. The number of hydrogen-bond acceptors (Lipinski definition) is 2. The molecule has 2 aliphatic heterocycles. The van der Waals surface area contributed by atoms with Crippen molar-refractivity contribution >= 4 is 23.0 Å². The molecular formula is C38H48IN3O. The highest BCUT2D eigenvalue weighted by Gasteiger charge is 2.43. The quantitative estimate of drug-likeness (QED) is 0.126. The summed E-state index contributed by atoms with van der Waals surface area (Å²) in [6.45, 7) is 18.3. The number of likely N-dealkylation sites (N-methyl/N-ethyl adjacent to an activating group) is 1. The Morgan fingerprint density at radius 1 is 0.977 bits per heavy atom. The summed E-state index contributed by atoms with van der Waals surface area (Å²) in [5, 5.41) is 3.00. The second kappa shape index (κ2) is 15.1. The van der Waals surface area contributed by atoms with Crippen LogP contribution < -0.4 is 34.2 Å². The van der Waals surface area contributed by atoms with Crippen molar-refractivity contribution in [1.82, 2.24) is 5.32 Å². The van der Waals surface area contributed by atoms with Crippen LogP contribution in [-0.4, -0.2) is 35.8 Å². The first-order valence-corrected chi connectivity index (χ1v) is 15.6. The fourth-order valence-corrected chi connectivity index (χ4v) is 6.27. The zero-order valence-corrected chi connectivity index (χ0v) is 29.2. The van der Waals surface area contributed by atoms with Gasteiger partial charge in [0.2, 0.25) is 11.6 Å². The maximum Gasteiger partial charge on any atom is 0.220 e. The lowest BCUT2D eigenvalue weighted by atomic mass is 9.81. The average Bonchev–Trinajstić information content (AvgIpc) is 3.34. The van der Waals surface area contributed by atoms with Gasteiger partial charge in [-0.15, -0.1) is 0 Å². The first-order chi connectivity index (χ1) is 20.2. The van der Waals surface area contributed by atoms with Crippen LogP contribution in [0.1, 0.15) is 85.3 Å². The van der Waals surface area contributed by atoms with E-state index in [1.807, 2.05) is 0 Å². The summed E-state index contributed by atoms with van der Waals surface area (Å²) in [5.74, 6) is 6.76. The lowest BCUT2D eigenvalue weighted by Crippen LogP contribution is -3.00. The Balaban J connectivity index is 0.00000506. The number of nitrogens with one attached hydrogen (secondary N) is 1. The van der Waals surface area contributed by atoms with Crippen molar-refractivity contribution in [2.75, 3.05) is 24.5 Å². The summed E-state index contributed by atoms with van der Waals surface area (Å²) < 4.78 is 2.41. The molecule has 0 atom stereocenters. The molecule has 0 aromatic heterocycles. The normalized spacial score (nSPS) is 17.4. The molecule has 2 aliphatic rings. The molecule has 228 valence electrons. The van der Waals surface area contributed by atoms with Crippen molar-refractivity contribution < 1.29 is 33.3 Å². The van der Waals surface area contributed by atoms with E-state index in [4.69, 9.17) is 0 Å². The maximum atomic E-state index is 12.2. The third-order valence-electron chi connectivity index (χ3n) is 8.63. The molecule has 4 nitrogen and oxygen atoms in total. The number of hydrogen-bond donors (Lipinski definition) is 1. The van der Waals surface area contributed by atoms with Gasteiger partial charge in [-0.05, 0) is 64.0 Å². The number of fused-ring (bicyclic) bond motifs is 2. The van der Waals surface area contributed by atoms with E-state index < -0.39 is 0 Å². The number of benzene rings is 2. The van der Waals surface area contributed by atoms with Crippen LogP contribution in [0.3, 0.4) is 0 Å². The zero-order valence-electron chi connectivity index (χ0n) is 27.1. The second-order valence-electron chi connectivity index (χ2n) is 12.2. The van der Waals surface area contributed by atoms with Gasteiger partial charge in [0.1, 0.15) is 6.54 Å². The van der Waals surface area contributed by atoms with Crippen LogP contribution in [0.4, 0.5) is 11.4 Å². The lowest BCUT2D eigenvalue weighted by Gasteiger charge is -2.25. The predicted octanol–water partition coefficient (Wildman–Crippen LogP) is 4.97. The lowest BCUT2D eigenvalue weighted by molar-refractivity contribution is -0.433. The Labute approximate surface area is 277 Å². The number of allylic oxidation sites excluding steroid dienone is 6. The van der Waals surface area contributed by atoms with Crippen LogP contribution in [0.5, 0.6) is 0 Å². The Bertz CT molecular complexity index is 1500. The standard InChI is InChI=1S/C38H47N3O.HI/c1-8-11-28-39-36(42)23-17-12-18-29(24-26-34-37(4,5)30-19-13-15-21-32(30)40(34)9-2)25-27-35-38(6,7)31-20-14-16-22-33(31)41(35)10-3;/h13-16,19-22,24-27H,8-11,17,23,28H2,1-7H3;1H. The molecule has 0 bridgehead atoms. The Hall–Kier alpha value is -3.11. The van der Waals surface area contributed by atoms with E-state index in [2.05, 4.69) is 148 Å². The molecule has 0 aliphatic carbocycles. The van der Waals surface area contributed by atoms with Crippen molar-refractivity contribution in [3.05, 3.63) is 95.2 Å². The highest BCUT2D eigenvalue weighted by Crippen LogP contribution is 2.47. The molecule has 0 saturated heterocycles. The molecule has 2 aromatic carbocycles. The smallest absolute Gasteiger partial charge is 0.220 e. The molecule has 43 heavy (non-hydrogen) atoms. The van der Waals surface area contributed by atoms with E-state index in [1.54, 1.807) is 0 Å². The second-order valence-corrected chi connectivity index (χ2v) is 12.2. The highest BCUT2D eigenvalue weighted by atomic mass is 127. The van der Waals surface area contributed by atoms with Crippen LogP contribution >= 0.6 is 0 Å². The molecule has 1 amide bonds. The van der Waals surface area contributed by atoms with Crippen molar-refractivity contribution in [2.45, 2.75) is 85.0 Å². The molecule has 5 heteroatoms. The van der Waals surface area contributed by atoms with Crippen molar-refractivity contribution in [2.24, 2.45) is 0 Å². The third-order valence-corrected chi connectivity index (χ3v) is 8.63. The van der Waals surface area contributed by atoms with Gasteiger partial charge in [0.25, 0.3) is 0 Å². The number of nitrogens with zero attached hydrogens (tertiary/aromatic N) is 2. The maximum absolute atomic E-state index is 12.2. The number of carbonyl (C=O) groups excluding carboxylic acids is 1. The van der Waals surface area contributed by atoms with Gasteiger partial charge in [0.05, 0.1) is 5.41 Å². The van der Waals surface area contributed by atoms with E-state index in [-0.39, 0.29) is 40.7 Å². The monoisotopic (exact) mass is 689 g/mol. The number of halogens is 1. The molecule has 0 spiro atoms. The van der Waals surface area contributed by atoms with Gasteiger partial charge in [-0.1, -0.05) is 75.4 Å². The number of unbranched alkanes of at least 4 members (excludes halogenated alkanes) is 1. The Morgan fingerprint density at radius 2 is 1.67 bits per heavy atom. The summed E-state index contributed by atoms with van der Waals surface area (Å²) in [6, 6.07) is 17.4. The molecule has 0 saturated carbocycles. The van der Waals surface area contributed by atoms with Crippen molar-refractivity contribution in [1.29, 1.82) is 0 Å². The van der Waals surface area contributed by atoms with Gasteiger partial charge in [-0.2, -0.15) is 4.58 Å².